The number of anilines is 1. The van der Waals surface area contributed by atoms with E-state index in [2.05, 4.69) is 12.8 Å². The van der Waals surface area contributed by atoms with Crippen LogP contribution in [-0.4, -0.2) is 63.0 Å². The second kappa shape index (κ2) is 14.7. The van der Waals surface area contributed by atoms with Crippen molar-refractivity contribution in [2.24, 2.45) is 0 Å². The van der Waals surface area contributed by atoms with Gasteiger partial charge in [0.05, 0.1) is 30.4 Å². The topological polar surface area (TPSA) is 107 Å². The van der Waals surface area contributed by atoms with Crippen LogP contribution in [0.3, 0.4) is 0 Å². The van der Waals surface area contributed by atoms with Crippen LogP contribution in [0.5, 0.6) is 0 Å². The summed E-state index contributed by atoms with van der Waals surface area (Å²) in [5.74, 6) is 0. The number of nitrogens with zero attached hydrogens (tertiary/aromatic N) is 2. The van der Waals surface area contributed by atoms with Gasteiger partial charge in [0.1, 0.15) is 0 Å². The van der Waals surface area contributed by atoms with E-state index >= 15 is 0 Å². The van der Waals surface area contributed by atoms with Crippen LogP contribution in [-0.2, 0) is 21.4 Å². The molecule has 186 valence electrons. The molecule has 0 aromatic heterocycles. The van der Waals surface area contributed by atoms with E-state index in [0.717, 1.165) is 0 Å². The third-order valence-electron chi connectivity index (χ3n) is 4.62. The zero-order chi connectivity index (χ0) is 25.7. The molecule has 0 unspecified atom stereocenters. The standard InChI is InChI=1S/C21H26Cl2N2O6S.C2H2/c1-24(11-12-26)21(28)31-13-3-2-10-25(20-14-18(23)5-4-16(20)15-27)32(29,30)19-8-6-17(22)7-9-19;1-2/h4-9,14,26-27H,2-3,10-13,15H2,1H3;1-2H. The number of carbonyl (C=O) groups excluding carboxylic acids is 1. The van der Waals surface area contributed by atoms with Gasteiger partial charge in [-0.1, -0.05) is 29.3 Å². The van der Waals surface area contributed by atoms with Crippen molar-refractivity contribution >= 4 is 45.0 Å². The molecule has 0 spiro atoms. The van der Waals surface area contributed by atoms with Crippen molar-refractivity contribution in [3.05, 3.63) is 58.1 Å². The van der Waals surface area contributed by atoms with E-state index in [4.69, 9.17) is 33.0 Å². The maximum atomic E-state index is 13.4. The summed E-state index contributed by atoms with van der Waals surface area (Å²) in [5.41, 5.74) is 0.679. The molecule has 1 amide bonds. The van der Waals surface area contributed by atoms with Gasteiger partial charge in [0.2, 0.25) is 0 Å². The highest BCUT2D eigenvalue weighted by molar-refractivity contribution is 7.92. The number of halogens is 2. The van der Waals surface area contributed by atoms with Gasteiger partial charge in [-0.15, -0.1) is 12.8 Å². The third kappa shape index (κ3) is 8.38. The van der Waals surface area contributed by atoms with Gasteiger partial charge < -0.3 is 19.8 Å². The summed E-state index contributed by atoms with van der Waals surface area (Å²) in [6, 6.07) is 10.4. The summed E-state index contributed by atoms with van der Waals surface area (Å²) >= 11 is 12.0. The normalized spacial score (nSPS) is 10.7. The van der Waals surface area contributed by atoms with Crippen LogP contribution in [0, 0.1) is 12.8 Å². The molecular weight excluding hydrogens is 503 g/mol. The average Bonchev–Trinajstić information content (AvgIpc) is 2.82. The zero-order valence-corrected chi connectivity index (χ0v) is 21.1. The molecule has 34 heavy (non-hydrogen) atoms. The second-order valence-electron chi connectivity index (χ2n) is 6.93. The smallest absolute Gasteiger partial charge is 0.409 e. The lowest BCUT2D eigenvalue weighted by Gasteiger charge is -2.27. The number of amides is 1. The van der Waals surface area contributed by atoms with Gasteiger partial charge in [0, 0.05) is 35.7 Å². The van der Waals surface area contributed by atoms with Crippen molar-refractivity contribution in [3.8, 4) is 12.8 Å². The first-order valence-electron chi connectivity index (χ1n) is 10.2. The lowest BCUT2D eigenvalue weighted by Crippen LogP contribution is -2.33. The highest BCUT2D eigenvalue weighted by Crippen LogP contribution is 2.31. The minimum atomic E-state index is -3.98. The van der Waals surface area contributed by atoms with Gasteiger partial charge in [-0.3, -0.25) is 4.31 Å². The van der Waals surface area contributed by atoms with E-state index in [1.165, 1.54) is 46.6 Å². The van der Waals surface area contributed by atoms with Gasteiger partial charge in [-0.05, 0) is 49.2 Å². The first-order valence-corrected chi connectivity index (χ1v) is 12.4. The number of sulfonamides is 1. The summed E-state index contributed by atoms with van der Waals surface area (Å²) < 4.78 is 33.1. The van der Waals surface area contributed by atoms with Crippen molar-refractivity contribution in [2.45, 2.75) is 24.3 Å². The maximum absolute atomic E-state index is 13.4. The van der Waals surface area contributed by atoms with E-state index in [9.17, 15) is 18.3 Å². The number of unbranched alkanes of at least 4 members (excludes halogenated alkanes) is 1. The van der Waals surface area contributed by atoms with Gasteiger partial charge in [-0.2, -0.15) is 0 Å². The lowest BCUT2D eigenvalue weighted by atomic mass is 10.2. The fourth-order valence-corrected chi connectivity index (χ4v) is 4.70. The monoisotopic (exact) mass is 530 g/mol. The van der Waals surface area contributed by atoms with E-state index in [0.29, 0.717) is 28.5 Å². The molecule has 0 aliphatic heterocycles. The molecule has 2 aromatic carbocycles. The summed E-state index contributed by atoms with van der Waals surface area (Å²) in [6.07, 6.45) is 8.21. The van der Waals surface area contributed by atoms with Crippen molar-refractivity contribution in [2.75, 3.05) is 37.7 Å². The Morgan fingerprint density at radius 2 is 1.62 bits per heavy atom. The number of likely N-dealkylation sites (N-methyl/N-ethyl adjacent to an activating group) is 1. The Labute approximate surface area is 210 Å². The van der Waals surface area contributed by atoms with Crippen LogP contribution in [0.15, 0.2) is 47.4 Å². The van der Waals surface area contributed by atoms with Crippen molar-refractivity contribution < 1.29 is 28.2 Å². The molecule has 2 N–H and O–H groups in total. The maximum Gasteiger partial charge on any atom is 0.409 e. The molecule has 0 saturated carbocycles. The molecule has 0 heterocycles. The molecule has 0 radical (unpaired) electrons. The van der Waals surface area contributed by atoms with E-state index in [1.54, 1.807) is 12.1 Å². The minimum absolute atomic E-state index is 0.0443. The molecule has 0 saturated heterocycles. The second-order valence-corrected chi connectivity index (χ2v) is 9.66. The Balaban J connectivity index is 0.00000281. The molecular formula is C23H28Cl2N2O6S. The summed E-state index contributed by atoms with van der Waals surface area (Å²) in [7, 11) is -2.47. The Morgan fingerprint density at radius 3 is 2.21 bits per heavy atom. The number of aliphatic hydroxyl groups excluding tert-OH is 2. The number of hydrogen-bond acceptors (Lipinski definition) is 6. The molecule has 0 aliphatic rings. The molecule has 0 atom stereocenters. The highest BCUT2D eigenvalue weighted by atomic mass is 35.5. The van der Waals surface area contributed by atoms with E-state index < -0.39 is 16.1 Å². The molecule has 0 fully saturated rings. The van der Waals surface area contributed by atoms with Gasteiger partial charge in [-0.25, -0.2) is 13.2 Å². The van der Waals surface area contributed by atoms with Crippen LogP contribution in [0.4, 0.5) is 10.5 Å². The number of carbonyl (C=O) groups is 1. The Bertz CT molecular complexity index is 1050. The molecule has 2 aromatic rings. The lowest BCUT2D eigenvalue weighted by molar-refractivity contribution is 0.102. The SMILES string of the molecule is C#C.CN(CCO)C(=O)OCCCCN(c1cc(Cl)ccc1CO)S(=O)(=O)c1ccc(Cl)cc1. The average molecular weight is 531 g/mol. The number of hydrogen-bond donors (Lipinski definition) is 2. The van der Waals surface area contributed by atoms with Gasteiger partial charge >= 0.3 is 6.09 Å². The third-order valence-corrected chi connectivity index (χ3v) is 6.93. The zero-order valence-electron chi connectivity index (χ0n) is 18.7. The largest absolute Gasteiger partial charge is 0.449 e. The summed E-state index contributed by atoms with van der Waals surface area (Å²) in [5, 5.41) is 19.3. The molecule has 8 nitrogen and oxygen atoms in total. The molecule has 0 aliphatic carbocycles. The first-order chi connectivity index (χ1) is 16.2. The molecule has 0 bridgehead atoms. The Kier molecular flexibility index (Phi) is 12.8. The van der Waals surface area contributed by atoms with Crippen LogP contribution < -0.4 is 4.31 Å². The number of rotatable bonds is 11. The van der Waals surface area contributed by atoms with Crippen molar-refractivity contribution in [1.82, 2.24) is 4.90 Å². The number of terminal acetylenes is 1. The number of benzene rings is 2. The molecule has 11 heteroatoms. The fourth-order valence-electron chi connectivity index (χ4n) is 2.88. The number of ether oxygens (including phenoxy) is 1. The molecule has 2 rings (SSSR count). The summed E-state index contributed by atoms with van der Waals surface area (Å²) in [6.45, 7) is -0.220. The van der Waals surface area contributed by atoms with Crippen LogP contribution in [0.2, 0.25) is 10.0 Å². The van der Waals surface area contributed by atoms with Gasteiger partial charge in [0.25, 0.3) is 10.0 Å². The van der Waals surface area contributed by atoms with Crippen LogP contribution >= 0.6 is 23.2 Å². The van der Waals surface area contributed by atoms with Gasteiger partial charge in [0.15, 0.2) is 0 Å². The summed E-state index contributed by atoms with van der Waals surface area (Å²) in [4.78, 5) is 13.1. The predicted molar refractivity (Wildman–Crippen MR) is 134 cm³/mol. The fraction of sp³-hybridized carbons (Fsp3) is 0.348. The highest BCUT2D eigenvalue weighted by Gasteiger charge is 2.26. The van der Waals surface area contributed by atoms with Crippen molar-refractivity contribution in [3.63, 3.8) is 0 Å². The van der Waals surface area contributed by atoms with E-state index in [-0.39, 0.29) is 43.5 Å². The number of aliphatic hydroxyl groups is 2. The Morgan fingerprint density at radius 1 is 1.00 bits per heavy atom. The quantitative estimate of drug-likeness (QED) is 0.338. The van der Waals surface area contributed by atoms with Crippen molar-refractivity contribution in [1.29, 1.82) is 0 Å². The van der Waals surface area contributed by atoms with Crippen LogP contribution in [0.25, 0.3) is 0 Å². The van der Waals surface area contributed by atoms with E-state index in [1.807, 2.05) is 0 Å². The minimum Gasteiger partial charge on any atom is -0.449 e. The van der Waals surface area contributed by atoms with Crippen LogP contribution in [0.1, 0.15) is 18.4 Å². The predicted octanol–water partition coefficient (Wildman–Crippen LogP) is 3.77. The Hall–Kier alpha value is -2.48. The first kappa shape index (κ1) is 29.6.